The second kappa shape index (κ2) is 22.5. The molecule has 3 rings (SSSR count). The molecule has 1 aliphatic rings. The van der Waals surface area contributed by atoms with E-state index in [0.29, 0.717) is 0 Å². The van der Waals surface area contributed by atoms with Gasteiger partial charge < -0.3 is 20.4 Å². The fourth-order valence-corrected chi connectivity index (χ4v) is 5.91. The van der Waals surface area contributed by atoms with Gasteiger partial charge in [0.25, 0.3) is 0 Å². The van der Waals surface area contributed by atoms with E-state index in [2.05, 4.69) is 77.1 Å². The number of hydrogen-bond donors (Lipinski definition) is 0. The predicted molar refractivity (Wildman–Crippen MR) is 187 cm³/mol. The van der Waals surface area contributed by atoms with E-state index in [1.54, 1.807) is 4.70 Å². The Bertz CT molecular complexity index is 1100. The van der Waals surface area contributed by atoms with Crippen molar-refractivity contribution in [2.45, 2.75) is 144 Å². The second-order valence-corrected chi connectivity index (χ2v) is 12.0. The van der Waals surface area contributed by atoms with E-state index in [1.165, 1.54) is 110 Å². The molecule has 0 unspecified atom stereocenters. The normalized spacial score (nSPS) is 12.5. The van der Waals surface area contributed by atoms with E-state index >= 15 is 0 Å². The summed E-state index contributed by atoms with van der Waals surface area (Å²) >= 11 is 0. The van der Waals surface area contributed by atoms with Crippen molar-refractivity contribution in [3.05, 3.63) is 102 Å². The van der Waals surface area contributed by atoms with Crippen molar-refractivity contribution >= 4 is 11.4 Å². The molecule has 0 radical (unpaired) electrons. The Morgan fingerprint density at radius 1 is 0.488 bits per heavy atom. The van der Waals surface area contributed by atoms with Gasteiger partial charge in [0, 0.05) is 22.8 Å². The quantitative estimate of drug-likeness (QED) is 0.0640. The van der Waals surface area contributed by atoms with Crippen molar-refractivity contribution in [3.63, 3.8) is 0 Å². The zero-order valence-electron chi connectivity index (χ0n) is 28.8. The topological polar surface area (TPSA) is 25.3 Å². The summed E-state index contributed by atoms with van der Waals surface area (Å²) in [5, 5.41) is 0. The molecular weight excluding hydrogens is 567 g/mol. The van der Waals surface area contributed by atoms with Crippen molar-refractivity contribution < 1.29 is 21.2 Å². The molecule has 0 atom stereocenters. The number of allylic oxidation sites excluding steroid dienone is 2. The van der Waals surface area contributed by atoms with Crippen molar-refractivity contribution in [1.29, 1.82) is 0 Å². The van der Waals surface area contributed by atoms with Gasteiger partial charge in [-0.25, -0.2) is 4.70 Å². The third-order valence-electron chi connectivity index (χ3n) is 8.31. The zero-order valence-corrected chi connectivity index (χ0v) is 29.8. The second-order valence-electron chi connectivity index (χ2n) is 12.0. The first-order chi connectivity index (χ1) is 19.5. The van der Waals surface area contributed by atoms with Crippen LogP contribution in [0.3, 0.4) is 0 Å². The molecule has 0 bridgehead atoms. The first-order valence-electron chi connectivity index (χ1n) is 16.7. The third-order valence-corrected chi connectivity index (χ3v) is 8.31. The Hall–Kier alpha value is -1.99. The Morgan fingerprint density at radius 3 is 1.28 bits per heavy atom. The van der Waals surface area contributed by atoms with Gasteiger partial charge in [0.2, 0.25) is 11.4 Å². The standard InChI is InChI=1S/C38H56N2.2CH3.Ni/c1-6-11-16-17-22-34-29-37(35-25-30(18-12-7-2)23-31(26-35)19-13-8-3)40(39)38(34)36-27-32(20-14-9-4)24-33(28-36)21-15-10-5;;;/h23-29H,6-22H2,1-5H3;2*1H3;/q;2*-1;+2. The van der Waals surface area contributed by atoms with Gasteiger partial charge in [-0.15, -0.1) is 0 Å². The van der Waals surface area contributed by atoms with Crippen LogP contribution in [0, 0.1) is 14.9 Å². The smallest absolute Gasteiger partial charge is 0.493 e. The van der Waals surface area contributed by atoms with Crippen LogP contribution in [-0.4, -0.2) is 4.70 Å². The Kier molecular flexibility index (Phi) is 21.5. The molecule has 2 aromatic carbocycles. The van der Waals surface area contributed by atoms with E-state index < -0.39 is 0 Å². The summed E-state index contributed by atoms with van der Waals surface area (Å²) in [5.74, 6) is 0. The van der Waals surface area contributed by atoms with Crippen LogP contribution in [-0.2, 0) is 42.2 Å². The zero-order chi connectivity index (χ0) is 28.7. The maximum absolute atomic E-state index is 11.9. The molecule has 0 saturated carbocycles. The summed E-state index contributed by atoms with van der Waals surface area (Å²) < 4.78 is 1.54. The van der Waals surface area contributed by atoms with Gasteiger partial charge in [-0.1, -0.05) is 91.7 Å². The SMILES string of the molecule is CCCCCCC1=C(c2cc(CCCC)cc(CCCC)c2)[N+](=[N-])C(c2cc(CCCC)cc(CCCC)c2)=C1.[CH3-].[CH3-].[Ni+2]. The first-order valence-corrected chi connectivity index (χ1v) is 16.7. The summed E-state index contributed by atoms with van der Waals surface area (Å²) in [4.78, 5) is 0. The fourth-order valence-electron chi connectivity index (χ4n) is 5.91. The largest absolute Gasteiger partial charge is 2.00 e. The van der Waals surface area contributed by atoms with E-state index in [-0.39, 0.29) is 31.3 Å². The van der Waals surface area contributed by atoms with Gasteiger partial charge in [0.1, 0.15) is 0 Å². The molecule has 43 heavy (non-hydrogen) atoms. The van der Waals surface area contributed by atoms with Crippen LogP contribution in [0.15, 0.2) is 48.0 Å². The van der Waals surface area contributed by atoms with Gasteiger partial charge in [0.05, 0.1) is 0 Å². The van der Waals surface area contributed by atoms with Gasteiger partial charge >= 0.3 is 16.5 Å². The van der Waals surface area contributed by atoms with Crippen LogP contribution in [0.1, 0.15) is 151 Å². The third kappa shape index (κ3) is 12.5. The molecule has 0 saturated heterocycles. The van der Waals surface area contributed by atoms with Gasteiger partial charge in [-0.05, 0) is 111 Å². The molecule has 3 heteroatoms. The number of benzene rings is 2. The molecule has 0 aliphatic carbocycles. The van der Waals surface area contributed by atoms with Crippen molar-refractivity contribution in [2.24, 2.45) is 0 Å². The van der Waals surface area contributed by atoms with Gasteiger partial charge in [-0.2, -0.15) is 0 Å². The van der Waals surface area contributed by atoms with Gasteiger partial charge in [0.15, 0.2) is 0 Å². The van der Waals surface area contributed by atoms with Crippen molar-refractivity contribution in [3.8, 4) is 0 Å². The Morgan fingerprint density at radius 2 is 0.884 bits per heavy atom. The minimum absolute atomic E-state index is 0. The fraction of sp³-hybridized carbons (Fsp3) is 0.550. The molecular formula is C40H62N2Ni. The van der Waals surface area contributed by atoms with Crippen LogP contribution >= 0.6 is 0 Å². The molecule has 242 valence electrons. The summed E-state index contributed by atoms with van der Waals surface area (Å²) in [7, 11) is 0. The molecule has 1 heterocycles. The van der Waals surface area contributed by atoms with Crippen molar-refractivity contribution in [1.82, 2.24) is 0 Å². The number of unbranched alkanes of at least 4 members (excludes halogenated alkanes) is 7. The number of hydrogen-bond acceptors (Lipinski definition) is 0. The van der Waals surface area contributed by atoms with E-state index in [4.69, 9.17) is 0 Å². The minimum atomic E-state index is 0. The minimum Gasteiger partial charge on any atom is -0.493 e. The molecule has 2 nitrogen and oxygen atoms in total. The number of aryl methyl sites for hydroxylation is 4. The van der Waals surface area contributed by atoms with Crippen LogP contribution in [0.25, 0.3) is 16.9 Å². The monoisotopic (exact) mass is 628 g/mol. The maximum Gasteiger partial charge on any atom is 2.00 e. The molecule has 0 amide bonds. The molecule has 2 aromatic rings. The Labute approximate surface area is 277 Å². The average molecular weight is 630 g/mol. The summed E-state index contributed by atoms with van der Waals surface area (Å²) in [6.07, 6.45) is 22.3. The maximum atomic E-state index is 11.9. The molecule has 1 aliphatic heterocycles. The first kappa shape index (κ1) is 41.0. The van der Waals surface area contributed by atoms with Crippen LogP contribution in [0.5, 0.6) is 0 Å². The molecule has 0 spiro atoms. The summed E-state index contributed by atoms with van der Waals surface area (Å²) in [5.41, 5.74) is 23.1. The number of nitrogens with zero attached hydrogens (tertiary/aromatic N) is 2. The molecule has 0 aromatic heterocycles. The van der Waals surface area contributed by atoms with Gasteiger partial charge in [-0.3, -0.25) is 0 Å². The summed E-state index contributed by atoms with van der Waals surface area (Å²) in [6, 6.07) is 14.2. The van der Waals surface area contributed by atoms with E-state index in [0.717, 1.165) is 49.1 Å². The Balaban J connectivity index is 0.00000588. The van der Waals surface area contributed by atoms with Crippen LogP contribution in [0.4, 0.5) is 0 Å². The number of rotatable bonds is 19. The van der Waals surface area contributed by atoms with Crippen LogP contribution in [0.2, 0.25) is 0 Å². The van der Waals surface area contributed by atoms with E-state index in [1.807, 2.05) is 0 Å². The molecule has 0 fully saturated rings. The average Bonchev–Trinajstić information content (AvgIpc) is 3.30. The van der Waals surface area contributed by atoms with E-state index in [9.17, 15) is 5.53 Å². The van der Waals surface area contributed by atoms with Crippen LogP contribution < -0.4 is 0 Å². The summed E-state index contributed by atoms with van der Waals surface area (Å²) in [6.45, 7) is 11.3. The predicted octanol–water partition coefficient (Wildman–Crippen LogP) is 12.7. The van der Waals surface area contributed by atoms with Crippen molar-refractivity contribution in [2.75, 3.05) is 0 Å². The molecule has 0 N–H and O–H groups in total.